The van der Waals surface area contributed by atoms with Crippen LogP contribution in [0, 0.1) is 0 Å². The second kappa shape index (κ2) is 4.80. The Labute approximate surface area is 116 Å². The van der Waals surface area contributed by atoms with E-state index in [2.05, 4.69) is 15.5 Å². The van der Waals surface area contributed by atoms with Gasteiger partial charge < -0.3 is 5.32 Å². The van der Waals surface area contributed by atoms with Crippen molar-refractivity contribution in [3.8, 4) is 0 Å². The zero-order valence-corrected chi connectivity index (χ0v) is 11.4. The van der Waals surface area contributed by atoms with Crippen LogP contribution in [-0.4, -0.2) is 25.5 Å². The molecule has 0 unspecified atom stereocenters. The Kier molecular flexibility index (Phi) is 2.98. The molecule has 0 radical (unpaired) electrons. The van der Waals surface area contributed by atoms with Crippen molar-refractivity contribution in [1.82, 2.24) is 24.9 Å². The van der Waals surface area contributed by atoms with Crippen LogP contribution in [0.5, 0.6) is 0 Å². The first-order valence-corrected chi connectivity index (χ1v) is 6.31. The van der Waals surface area contributed by atoms with E-state index in [0.717, 1.165) is 16.5 Å². The number of nitrogens with zero attached hydrogens (tertiary/aromatic N) is 4. The minimum atomic E-state index is -0.110. The van der Waals surface area contributed by atoms with Gasteiger partial charge in [0.2, 0.25) is 0 Å². The molecule has 3 aromatic rings. The molecule has 1 aromatic carbocycles. The molecule has 1 N–H and O–H groups in total. The third-order valence-electron chi connectivity index (χ3n) is 3.10. The van der Waals surface area contributed by atoms with Crippen molar-refractivity contribution in [1.29, 1.82) is 0 Å². The van der Waals surface area contributed by atoms with E-state index >= 15 is 0 Å². The predicted molar refractivity (Wildman–Crippen MR) is 75.1 cm³/mol. The number of aromatic nitrogens is 4. The van der Waals surface area contributed by atoms with Gasteiger partial charge in [-0.1, -0.05) is 6.07 Å². The van der Waals surface area contributed by atoms with Gasteiger partial charge in [-0.2, -0.15) is 10.2 Å². The zero-order chi connectivity index (χ0) is 14.1. The molecule has 0 bridgehead atoms. The van der Waals surface area contributed by atoms with Crippen LogP contribution >= 0.6 is 0 Å². The second-order valence-electron chi connectivity index (χ2n) is 4.78. The first-order chi connectivity index (χ1) is 9.61. The Hall–Kier alpha value is -2.63. The van der Waals surface area contributed by atoms with E-state index < -0.39 is 0 Å². The molecule has 6 nitrogen and oxygen atoms in total. The molecule has 2 aromatic heterocycles. The van der Waals surface area contributed by atoms with Gasteiger partial charge in [0, 0.05) is 49.5 Å². The smallest absolute Gasteiger partial charge is 0.251 e. The molecule has 0 aliphatic heterocycles. The first kappa shape index (κ1) is 12.4. The van der Waals surface area contributed by atoms with Gasteiger partial charge in [-0.15, -0.1) is 0 Å². The van der Waals surface area contributed by atoms with Crippen molar-refractivity contribution in [2.75, 3.05) is 0 Å². The summed E-state index contributed by atoms with van der Waals surface area (Å²) in [5.74, 6) is -0.110. The average molecular weight is 269 g/mol. The number of hydrogen-bond acceptors (Lipinski definition) is 3. The summed E-state index contributed by atoms with van der Waals surface area (Å²) in [6.07, 6.45) is 5.54. The maximum Gasteiger partial charge on any atom is 0.251 e. The number of benzene rings is 1. The van der Waals surface area contributed by atoms with Crippen LogP contribution in [0.1, 0.15) is 15.9 Å². The summed E-state index contributed by atoms with van der Waals surface area (Å²) in [5, 5.41) is 12.3. The van der Waals surface area contributed by atoms with Gasteiger partial charge in [-0.3, -0.25) is 14.2 Å². The molecule has 1 amide bonds. The monoisotopic (exact) mass is 269 g/mol. The fourth-order valence-corrected chi connectivity index (χ4v) is 2.13. The number of carbonyl (C=O) groups is 1. The highest BCUT2D eigenvalue weighted by atomic mass is 16.1. The lowest BCUT2D eigenvalue weighted by atomic mass is 10.1. The lowest BCUT2D eigenvalue weighted by molar-refractivity contribution is 0.0951. The molecule has 2 heterocycles. The van der Waals surface area contributed by atoms with Crippen LogP contribution in [-0.2, 0) is 20.6 Å². The van der Waals surface area contributed by atoms with Gasteiger partial charge in [0.05, 0.1) is 11.7 Å². The van der Waals surface area contributed by atoms with Gasteiger partial charge in [0.15, 0.2) is 0 Å². The van der Waals surface area contributed by atoms with Gasteiger partial charge in [-0.05, 0) is 12.1 Å². The normalized spacial score (nSPS) is 10.9. The Morgan fingerprint density at radius 3 is 2.85 bits per heavy atom. The van der Waals surface area contributed by atoms with Crippen molar-refractivity contribution >= 4 is 16.8 Å². The van der Waals surface area contributed by atoms with E-state index in [0.29, 0.717) is 12.1 Å². The standard InChI is InChI=1S/C14H15N5O/c1-18-8-10(7-16-18)6-15-14(20)11-3-4-12-9-19(2)17-13(12)5-11/h3-5,7-9H,6H2,1-2H3,(H,15,20). The average Bonchev–Trinajstić information content (AvgIpc) is 2.99. The van der Waals surface area contributed by atoms with Gasteiger partial charge in [0.25, 0.3) is 5.91 Å². The lowest BCUT2D eigenvalue weighted by Gasteiger charge is -2.03. The summed E-state index contributed by atoms with van der Waals surface area (Å²) in [5.41, 5.74) is 2.40. The predicted octanol–water partition coefficient (Wildman–Crippen LogP) is 1.24. The number of aryl methyl sites for hydroxylation is 2. The van der Waals surface area contributed by atoms with E-state index in [9.17, 15) is 4.79 Å². The Morgan fingerprint density at radius 2 is 2.10 bits per heavy atom. The molecule has 20 heavy (non-hydrogen) atoms. The van der Waals surface area contributed by atoms with Gasteiger partial charge in [-0.25, -0.2) is 0 Å². The fourth-order valence-electron chi connectivity index (χ4n) is 2.13. The molecule has 6 heteroatoms. The molecule has 0 aliphatic carbocycles. The Morgan fingerprint density at radius 1 is 1.25 bits per heavy atom. The summed E-state index contributed by atoms with van der Waals surface area (Å²) in [6, 6.07) is 5.51. The van der Waals surface area contributed by atoms with Crippen LogP contribution in [0.3, 0.4) is 0 Å². The minimum Gasteiger partial charge on any atom is -0.348 e. The number of rotatable bonds is 3. The highest BCUT2D eigenvalue weighted by Crippen LogP contribution is 2.14. The lowest BCUT2D eigenvalue weighted by Crippen LogP contribution is -2.22. The molecule has 0 saturated heterocycles. The van der Waals surface area contributed by atoms with Crippen LogP contribution < -0.4 is 5.32 Å². The maximum absolute atomic E-state index is 12.1. The van der Waals surface area contributed by atoms with Crippen molar-refractivity contribution in [2.24, 2.45) is 14.1 Å². The SMILES string of the molecule is Cn1cc(CNC(=O)c2ccc3cn(C)nc3c2)cn1. The third kappa shape index (κ3) is 2.40. The quantitative estimate of drug-likeness (QED) is 0.778. The molecule has 102 valence electrons. The number of carbonyl (C=O) groups excluding carboxylic acids is 1. The molecule has 0 aliphatic rings. The van der Waals surface area contributed by atoms with Crippen LogP contribution in [0.15, 0.2) is 36.8 Å². The number of hydrogen-bond donors (Lipinski definition) is 1. The minimum absolute atomic E-state index is 0.110. The molecule has 0 atom stereocenters. The van der Waals surface area contributed by atoms with E-state index in [4.69, 9.17) is 0 Å². The topological polar surface area (TPSA) is 64.7 Å². The van der Waals surface area contributed by atoms with Crippen molar-refractivity contribution in [3.05, 3.63) is 47.9 Å². The molecule has 0 saturated carbocycles. The van der Waals surface area contributed by atoms with E-state index in [1.165, 1.54) is 0 Å². The van der Waals surface area contributed by atoms with E-state index in [-0.39, 0.29) is 5.91 Å². The largest absolute Gasteiger partial charge is 0.348 e. The molecular formula is C14H15N5O. The highest BCUT2D eigenvalue weighted by molar-refractivity contribution is 5.97. The summed E-state index contributed by atoms with van der Waals surface area (Å²) in [7, 11) is 3.71. The van der Waals surface area contributed by atoms with Crippen molar-refractivity contribution < 1.29 is 4.79 Å². The van der Waals surface area contributed by atoms with Crippen molar-refractivity contribution in [3.63, 3.8) is 0 Å². The number of nitrogens with one attached hydrogen (secondary N) is 1. The summed E-state index contributed by atoms with van der Waals surface area (Å²) in [4.78, 5) is 12.1. The molecule has 3 rings (SSSR count). The Bertz CT molecular complexity index is 771. The highest BCUT2D eigenvalue weighted by Gasteiger charge is 2.08. The number of amides is 1. The van der Waals surface area contributed by atoms with Gasteiger partial charge in [0.1, 0.15) is 0 Å². The summed E-state index contributed by atoms with van der Waals surface area (Å²) in [6.45, 7) is 0.465. The van der Waals surface area contributed by atoms with Crippen molar-refractivity contribution in [2.45, 2.75) is 6.54 Å². The molecule has 0 fully saturated rings. The molecular weight excluding hydrogens is 254 g/mol. The Balaban J connectivity index is 1.74. The van der Waals surface area contributed by atoms with E-state index in [1.54, 1.807) is 21.6 Å². The second-order valence-corrected chi connectivity index (χ2v) is 4.78. The van der Waals surface area contributed by atoms with Crippen LogP contribution in [0.2, 0.25) is 0 Å². The summed E-state index contributed by atoms with van der Waals surface area (Å²) < 4.78 is 3.45. The van der Waals surface area contributed by atoms with Gasteiger partial charge >= 0.3 is 0 Å². The number of fused-ring (bicyclic) bond motifs is 1. The summed E-state index contributed by atoms with van der Waals surface area (Å²) >= 11 is 0. The molecule has 0 spiro atoms. The third-order valence-corrected chi connectivity index (χ3v) is 3.10. The maximum atomic E-state index is 12.1. The fraction of sp³-hybridized carbons (Fsp3) is 0.214. The zero-order valence-electron chi connectivity index (χ0n) is 11.4. The van der Waals surface area contributed by atoms with Crippen LogP contribution in [0.4, 0.5) is 0 Å². The van der Waals surface area contributed by atoms with E-state index in [1.807, 2.05) is 38.6 Å². The first-order valence-electron chi connectivity index (χ1n) is 6.31. The van der Waals surface area contributed by atoms with Crippen LogP contribution in [0.25, 0.3) is 10.9 Å².